The molecule has 2 aromatic carbocycles. The Balaban J connectivity index is 2.11. The van der Waals surface area contributed by atoms with E-state index < -0.39 is 0 Å². The second-order valence-electron chi connectivity index (χ2n) is 5.19. The van der Waals surface area contributed by atoms with Crippen LogP contribution in [-0.2, 0) is 0 Å². The lowest BCUT2D eigenvalue weighted by Gasteiger charge is -2.19. The van der Waals surface area contributed by atoms with Crippen LogP contribution in [0.3, 0.4) is 0 Å². The van der Waals surface area contributed by atoms with Crippen molar-refractivity contribution in [3.05, 3.63) is 70.4 Å². The topological polar surface area (TPSA) is 12.0 Å². The van der Waals surface area contributed by atoms with Gasteiger partial charge < -0.3 is 5.32 Å². The van der Waals surface area contributed by atoms with Gasteiger partial charge in [0.25, 0.3) is 0 Å². The van der Waals surface area contributed by atoms with Crippen LogP contribution in [0.1, 0.15) is 29.7 Å². The fourth-order valence-electron chi connectivity index (χ4n) is 2.62. The number of rotatable bonds is 4. The Morgan fingerprint density at radius 1 is 1.19 bits per heavy atom. The summed E-state index contributed by atoms with van der Waals surface area (Å²) in [7, 11) is 0. The lowest BCUT2D eigenvalue weighted by Crippen LogP contribution is -2.21. The van der Waals surface area contributed by atoms with Gasteiger partial charge in [0.2, 0.25) is 0 Å². The maximum absolute atomic E-state index is 13.9. The smallest absolute Gasteiger partial charge is 0.126 e. The maximum Gasteiger partial charge on any atom is 0.126 e. The first-order valence-electron chi connectivity index (χ1n) is 7.16. The molecule has 0 aliphatic heterocycles. The Morgan fingerprint density at radius 2 is 2.00 bits per heavy atom. The van der Waals surface area contributed by atoms with Crippen LogP contribution in [-0.4, -0.2) is 6.54 Å². The Morgan fingerprint density at radius 3 is 2.76 bits per heavy atom. The van der Waals surface area contributed by atoms with Crippen molar-refractivity contribution in [3.63, 3.8) is 0 Å². The van der Waals surface area contributed by atoms with Gasteiger partial charge in [-0.15, -0.1) is 11.3 Å². The predicted molar refractivity (Wildman–Crippen MR) is 88.5 cm³/mol. The summed E-state index contributed by atoms with van der Waals surface area (Å²) in [5.41, 5.74) is 2.88. The molecule has 1 unspecified atom stereocenters. The summed E-state index contributed by atoms with van der Waals surface area (Å²) < 4.78 is 15.2. The van der Waals surface area contributed by atoms with Crippen LogP contribution >= 0.6 is 11.3 Å². The van der Waals surface area contributed by atoms with Gasteiger partial charge in [-0.1, -0.05) is 37.3 Å². The molecule has 0 fully saturated rings. The molecule has 1 aromatic heterocycles. The highest BCUT2D eigenvalue weighted by Crippen LogP contribution is 2.33. The van der Waals surface area contributed by atoms with E-state index in [9.17, 15) is 4.39 Å². The van der Waals surface area contributed by atoms with Crippen LogP contribution in [0.25, 0.3) is 10.1 Å². The van der Waals surface area contributed by atoms with E-state index in [4.69, 9.17) is 0 Å². The normalized spacial score (nSPS) is 12.7. The van der Waals surface area contributed by atoms with Crippen molar-refractivity contribution in [1.82, 2.24) is 5.32 Å². The molecule has 0 aliphatic rings. The summed E-state index contributed by atoms with van der Waals surface area (Å²) in [5, 5.41) is 6.90. The van der Waals surface area contributed by atoms with Crippen molar-refractivity contribution >= 4 is 21.4 Å². The highest BCUT2D eigenvalue weighted by atomic mass is 32.1. The lowest BCUT2D eigenvalue weighted by molar-refractivity contribution is 0.599. The summed E-state index contributed by atoms with van der Waals surface area (Å²) in [5.74, 6) is -0.144. The molecule has 108 valence electrons. The van der Waals surface area contributed by atoms with Crippen molar-refractivity contribution in [2.45, 2.75) is 19.9 Å². The molecule has 3 rings (SSSR count). The average Bonchev–Trinajstić information content (AvgIpc) is 2.92. The second kappa shape index (κ2) is 5.96. The maximum atomic E-state index is 13.9. The molecule has 0 radical (unpaired) electrons. The Kier molecular flexibility index (Phi) is 4.04. The number of hydrogen-bond donors (Lipinski definition) is 1. The fourth-order valence-corrected chi connectivity index (χ4v) is 3.61. The molecule has 3 aromatic rings. The molecule has 1 N–H and O–H groups in total. The summed E-state index contributed by atoms with van der Waals surface area (Å²) in [4.78, 5) is 0. The first kappa shape index (κ1) is 14.2. The number of fused-ring (bicyclic) bond motifs is 1. The number of benzene rings is 2. The minimum absolute atomic E-state index is 0.0289. The molecule has 0 saturated carbocycles. The SMILES string of the molecule is CCNC(c1ccc(C)c(F)c1)c1csc2ccccc12. The summed E-state index contributed by atoms with van der Waals surface area (Å²) in [6.07, 6.45) is 0. The van der Waals surface area contributed by atoms with E-state index in [2.05, 4.69) is 41.9 Å². The number of hydrogen-bond acceptors (Lipinski definition) is 2. The predicted octanol–water partition coefficient (Wildman–Crippen LogP) is 5.05. The standard InChI is InChI=1S/C18H18FNS/c1-3-20-18(13-9-8-12(2)16(19)10-13)15-11-21-17-7-5-4-6-14(15)17/h4-11,18,20H,3H2,1-2H3. The first-order valence-corrected chi connectivity index (χ1v) is 8.04. The molecule has 0 amide bonds. The van der Waals surface area contributed by atoms with Gasteiger partial charge in [0, 0.05) is 4.70 Å². The third-order valence-corrected chi connectivity index (χ3v) is 4.74. The van der Waals surface area contributed by atoms with Crippen LogP contribution < -0.4 is 5.32 Å². The molecule has 0 aliphatic carbocycles. The number of thiophene rings is 1. The molecule has 1 nitrogen and oxygen atoms in total. The monoisotopic (exact) mass is 299 g/mol. The lowest BCUT2D eigenvalue weighted by atomic mass is 9.97. The van der Waals surface area contributed by atoms with Gasteiger partial charge in [0.1, 0.15) is 5.82 Å². The minimum Gasteiger partial charge on any atom is -0.306 e. The van der Waals surface area contributed by atoms with E-state index in [1.54, 1.807) is 24.3 Å². The van der Waals surface area contributed by atoms with Gasteiger partial charge in [-0.2, -0.15) is 0 Å². The van der Waals surface area contributed by atoms with E-state index in [1.807, 2.05) is 12.1 Å². The fraction of sp³-hybridized carbons (Fsp3) is 0.222. The molecule has 0 saturated heterocycles. The highest BCUT2D eigenvalue weighted by molar-refractivity contribution is 7.17. The Hall–Kier alpha value is -1.71. The molecule has 3 heteroatoms. The van der Waals surface area contributed by atoms with Crippen LogP contribution in [0.2, 0.25) is 0 Å². The van der Waals surface area contributed by atoms with Crippen molar-refractivity contribution in [3.8, 4) is 0 Å². The largest absolute Gasteiger partial charge is 0.306 e. The molecule has 0 spiro atoms. The third-order valence-electron chi connectivity index (χ3n) is 3.76. The van der Waals surface area contributed by atoms with Crippen LogP contribution in [0.15, 0.2) is 47.8 Å². The van der Waals surface area contributed by atoms with Gasteiger partial charge in [-0.25, -0.2) is 4.39 Å². The molecule has 21 heavy (non-hydrogen) atoms. The zero-order valence-corrected chi connectivity index (χ0v) is 13.0. The van der Waals surface area contributed by atoms with E-state index in [0.717, 1.165) is 12.1 Å². The van der Waals surface area contributed by atoms with Crippen molar-refractivity contribution in [1.29, 1.82) is 0 Å². The van der Waals surface area contributed by atoms with Crippen LogP contribution in [0.5, 0.6) is 0 Å². The van der Waals surface area contributed by atoms with E-state index in [1.165, 1.54) is 15.6 Å². The second-order valence-corrected chi connectivity index (χ2v) is 6.10. The van der Waals surface area contributed by atoms with Crippen molar-refractivity contribution < 1.29 is 4.39 Å². The van der Waals surface area contributed by atoms with Gasteiger partial charge in [-0.05, 0) is 53.1 Å². The third kappa shape index (κ3) is 2.71. The van der Waals surface area contributed by atoms with Crippen molar-refractivity contribution in [2.24, 2.45) is 0 Å². The molecule has 0 bridgehead atoms. The summed E-state index contributed by atoms with van der Waals surface area (Å²) in [6, 6.07) is 13.9. The Bertz CT molecular complexity index is 763. The van der Waals surface area contributed by atoms with E-state index in [0.29, 0.717) is 5.56 Å². The molecule has 1 heterocycles. The van der Waals surface area contributed by atoms with Crippen molar-refractivity contribution in [2.75, 3.05) is 6.54 Å². The van der Waals surface area contributed by atoms with Crippen LogP contribution in [0.4, 0.5) is 4.39 Å². The zero-order valence-electron chi connectivity index (χ0n) is 12.2. The summed E-state index contributed by atoms with van der Waals surface area (Å²) in [6.45, 7) is 4.71. The average molecular weight is 299 g/mol. The Labute approximate surface area is 128 Å². The highest BCUT2D eigenvalue weighted by Gasteiger charge is 2.17. The summed E-state index contributed by atoms with van der Waals surface area (Å²) >= 11 is 1.74. The van der Waals surface area contributed by atoms with Gasteiger partial charge in [0.15, 0.2) is 0 Å². The molecular formula is C18H18FNS. The quantitative estimate of drug-likeness (QED) is 0.711. The van der Waals surface area contributed by atoms with E-state index >= 15 is 0 Å². The zero-order chi connectivity index (χ0) is 14.8. The number of nitrogens with one attached hydrogen (secondary N) is 1. The van der Waals surface area contributed by atoms with Gasteiger partial charge in [0.05, 0.1) is 6.04 Å². The van der Waals surface area contributed by atoms with E-state index in [-0.39, 0.29) is 11.9 Å². The minimum atomic E-state index is -0.144. The van der Waals surface area contributed by atoms with Gasteiger partial charge >= 0.3 is 0 Å². The van der Waals surface area contributed by atoms with Crippen LogP contribution in [0, 0.1) is 12.7 Å². The first-order chi connectivity index (χ1) is 10.2. The molecular weight excluding hydrogens is 281 g/mol. The van der Waals surface area contributed by atoms with Gasteiger partial charge in [-0.3, -0.25) is 0 Å². The number of aryl methyl sites for hydroxylation is 1. The molecule has 1 atom stereocenters. The number of halogens is 1.